The SMILES string of the molecule is CNc1cccc(-c2nc3c(C)cccn3n2)c1. The lowest BCUT2D eigenvalue weighted by atomic mass is 10.2. The first-order valence-electron chi connectivity index (χ1n) is 5.88. The first-order valence-corrected chi connectivity index (χ1v) is 5.88. The zero-order valence-corrected chi connectivity index (χ0v) is 10.4. The van der Waals surface area contributed by atoms with E-state index >= 15 is 0 Å². The van der Waals surface area contributed by atoms with Crippen LogP contribution >= 0.6 is 0 Å². The Bertz CT molecular complexity index is 700. The normalized spacial score (nSPS) is 10.8. The van der Waals surface area contributed by atoms with Crippen molar-refractivity contribution in [2.45, 2.75) is 6.92 Å². The predicted molar refractivity (Wildman–Crippen MR) is 72.7 cm³/mol. The summed E-state index contributed by atoms with van der Waals surface area (Å²) in [5, 5.41) is 7.62. The van der Waals surface area contributed by atoms with Crippen LogP contribution in [-0.4, -0.2) is 21.6 Å². The van der Waals surface area contributed by atoms with Gasteiger partial charge in [0, 0.05) is 24.5 Å². The third kappa shape index (κ3) is 1.72. The molecular weight excluding hydrogens is 224 g/mol. The summed E-state index contributed by atoms with van der Waals surface area (Å²) < 4.78 is 1.82. The molecule has 0 amide bonds. The van der Waals surface area contributed by atoms with Crippen LogP contribution in [0.2, 0.25) is 0 Å². The van der Waals surface area contributed by atoms with E-state index in [1.807, 2.05) is 61.1 Å². The van der Waals surface area contributed by atoms with Crippen LogP contribution in [0.4, 0.5) is 5.69 Å². The Morgan fingerprint density at radius 2 is 2.06 bits per heavy atom. The number of pyridine rings is 1. The molecule has 4 heteroatoms. The van der Waals surface area contributed by atoms with Gasteiger partial charge in [-0.1, -0.05) is 18.2 Å². The van der Waals surface area contributed by atoms with E-state index in [2.05, 4.69) is 15.4 Å². The van der Waals surface area contributed by atoms with Gasteiger partial charge in [0.15, 0.2) is 11.5 Å². The first kappa shape index (κ1) is 10.8. The lowest BCUT2D eigenvalue weighted by molar-refractivity contribution is 0.960. The lowest BCUT2D eigenvalue weighted by Gasteiger charge is -2.00. The molecule has 0 saturated carbocycles. The highest BCUT2D eigenvalue weighted by atomic mass is 15.3. The minimum absolute atomic E-state index is 0.751. The second-order valence-corrected chi connectivity index (χ2v) is 4.23. The molecule has 0 aliphatic rings. The summed E-state index contributed by atoms with van der Waals surface area (Å²) in [6, 6.07) is 12.1. The van der Waals surface area contributed by atoms with E-state index in [0.29, 0.717) is 0 Å². The van der Waals surface area contributed by atoms with Crippen molar-refractivity contribution in [3.8, 4) is 11.4 Å². The van der Waals surface area contributed by atoms with Crippen molar-refractivity contribution in [3.63, 3.8) is 0 Å². The van der Waals surface area contributed by atoms with Gasteiger partial charge in [0.1, 0.15) is 0 Å². The van der Waals surface area contributed by atoms with E-state index in [4.69, 9.17) is 0 Å². The van der Waals surface area contributed by atoms with Crippen LogP contribution in [0.5, 0.6) is 0 Å². The number of hydrogen-bond acceptors (Lipinski definition) is 3. The Labute approximate surface area is 105 Å². The third-order valence-corrected chi connectivity index (χ3v) is 2.97. The number of nitrogens with one attached hydrogen (secondary N) is 1. The van der Waals surface area contributed by atoms with Crippen molar-refractivity contribution in [1.82, 2.24) is 14.6 Å². The number of aromatic nitrogens is 3. The topological polar surface area (TPSA) is 42.2 Å². The average Bonchev–Trinajstić information content (AvgIpc) is 2.84. The van der Waals surface area contributed by atoms with Crippen molar-refractivity contribution in [2.24, 2.45) is 0 Å². The van der Waals surface area contributed by atoms with E-state index in [-0.39, 0.29) is 0 Å². The average molecular weight is 238 g/mol. The van der Waals surface area contributed by atoms with Crippen molar-refractivity contribution < 1.29 is 0 Å². The fraction of sp³-hybridized carbons (Fsp3) is 0.143. The fourth-order valence-electron chi connectivity index (χ4n) is 1.98. The quantitative estimate of drug-likeness (QED) is 0.746. The maximum absolute atomic E-state index is 4.58. The minimum Gasteiger partial charge on any atom is -0.388 e. The molecule has 1 aromatic carbocycles. The molecule has 0 aliphatic heterocycles. The van der Waals surface area contributed by atoms with Crippen molar-refractivity contribution in [2.75, 3.05) is 12.4 Å². The summed E-state index contributed by atoms with van der Waals surface area (Å²) in [5.41, 5.74) is 4.11. The van der Waals surface area contributed by atoms with E-state index in [9.17, 15) is 0 Å². The maximum Gasteiger partial charge on any atom is 0.182 e. The van der Waals surface area contributed by atoms with Gasteiger partial charge in [-0.2, -0.15) is 0 Å². The van der Waals surface area contributed by atoms with E-state index in [1.54, 1.807) is 0 Å². The summed E-state index contributed by atoms with van der Waals surface area (Å²) in [7, 11) is 1.90. The van der Waals surface area contributed by atoms with Crippen molar-refractivity contribution >= 4 is 11.3 Å². The van der Waals surface area contributed by atoms with Crippen LogP contribution in [0.3, 0.4) is 0 Å². The van der Waals surface area contributed by atoms with Gasteiger partial charge in [-0.15, -0.1) is 5.10 Å². The van der Waals surface area contributed by atoms with Gasteiger partial charge in [-0.3, -0.25) is 0 Å². The Kier molecular flexibility index (Phi) is 2.48. The zero-order chi connectivity index (χ0) is 12.5. The molecule has 0 saturated heterocycles. The number of aryl methyl sites for hydroxylation is 1. The van der Waals surface area contributed by atoms with Gasteiger partial charge in [0.2, 0.25) is 0 Å². The number of rotatable bonds is 2. The molecular formula is C14H14N4. The maximum atomic E-state index is 4.58. The number of hydrogen-bond donors (Lipinski definition) is 1. The van der Waals surface area contributed by atoms with Gasteiger partial charge in [-0.05, 0) is 30.7 Å². The molecule has 0 fully saturated rings. The van der Waals surface area contributed by atoms with Gasteiger partial charge < -0.3 is 5.32 Å². The second kappa shape index (κ2) is 4.14. The lowest BCUT2D eigenvalue weighted by Crippen LogP contribution is -1.89. The highest BCUT2D eigenvalue weighted by Gasteiger charge is 2.07. The molecule has 0 unspecified atom stereocenters. The van der Waals surface area contributed by atoms with Crippen LogP contribution in [0.25, 0.3) is 17.0 Å². The van der Waals surface area contributed by atoms with Gasteiger partial charge in [0.05, 0.1) is 0 Å². The summed E-state index contributed by atoms with van der Waals surface area (Å²) >= 11 is 0. The molecule has 0 bridgehead atoms. The van der Waals surface area contributed by atoms with Crippen LogP contribution < -0.4 is 5.32 Å². The molecule has 0 spiro atoms. The van der Waals surface area contributed by atoms with Crippen LogP contribution in [-0.2, 0) is 0 Å². The van der Waals surface area contributed by atoms with Crippen LogP contribution in [0.15, 0.2) is 42.6 Å². The molecule has 0 atom stereocenters. The summed E-state index contributed by atoms with van der Waals surface area (Å²) in [5.74, 6) is 0.751. The van der Waals surface area contributed by atoms with Gasteiger partial charge in [-0.25, -0.2) is 9.50 Å². The standard InChI is InChI=1S/C14H14N4/c1-10-5-4-8-18-14(10)16-13(17-18)11-6-3-7-12(9-11)15-2/h3-9,15H,1-2H3. The van der Waals surface area contributed by atoms with E-state index in [0.717, 1.165) is 28.3 Å². The number of anilines is 1. The summed E-state index contributed by atoms with van der Waals surface area (Å²) in [6.45, 7) is 2.04. The van der Waals surface area contributed by atoms with Crippen LogP contribution in [0.1, 0.15) is 5.56 Å². The van der Waals surface area contributed by atoms with Gasteiger partial charge in [0.25, 0.3) is 0 Å². The second-order valence-electron chi connectivity index (χ2n) is 4.23. The number of fused-ring (bicyclic) bond motifs is 1. The Hall–Kier alpha value is -2.36. The molecule has 1 N–H and O–H groups in total. The molecule has 3 aromatic rings. The van der Waals surface area contributed by atoms with Gasteiger partial charge >= 0.3 is 0 Å². The Morgan fingerprint density at radius 1 is 1.17 bits per heavy atom. The highest BCUT2D eigenvalue weighted by molar-refractivity contribution is 5.64. The smallest absolute Gasteiger partial charge is 0.182 e. The monoisotopic (exact) mass is 238 g/mol. The fourth-order valence-corrected chi connectivity index (χ4v) is 1.98. The number of benzene rings is 1. The largest absolute Gasteiger partial charge is 0.388 e. The molecule has 90 valence electrons. The highest BCUT2D eigenvalue weighted by Crippen LogP contribution is 2.20. The Balaban J connectivity index is 2.16. The molecule has 4 nitrogen and oxygen atoms in total. The summed E-state index contributed by atoms with van der Waals surface area (Å²) in [4.78, 5) is 4.58. The molecule has 0 aliphatic carbocycles. The van der Waals surface area contributed by atoms with E-state index in [1.165, 1.54) is 0 Å². The molecule has 18 heavy (non-hydrogen) atoms. The number of nitrogens with zero attached hydrogens (tertiary/aromatic N) is 3. The Morgan fingerprint density at radius 3 is 2.83 bits per heavy atom. The third-order valence-electron chi connectivity index (χ3n) is 2.97. The van der Waals surface area contributed by atoms with Crippen molar-refractivity contribution in [1.29, 1.82) is 0 Å². The first-order chi connectivity index (χ1) is 8.78. The van der Waals surface area contributed by atoms with Crippen LogP contribution in [0, 0.1) is 6.92 Å². The van der Waals surface area contributed by atoms with Crippen molar-refractivity contribution in [3.05, 3.63) is 48.2 Å². The summed E-state index contributed by atoms with van der Waals surface area (Å²) in [6.07, 6.45) is 1.92. The molecule has 3 rings (SSSR count). The molecule has 2 aromatic heterocycles. The zero-order valence-electron chi connectivity index (χ0n) is 10.4. The molecule has 0 radical (unpaired) electrons. The minimum atomic E-state index is 0.751. The van der Waals surface area contributed by atoms with E-state index < -0.39 is 0 Å². The predicted octanol–water partition coefficient (Wildman–Crippen LogP) is 2.75. The molecule has 2 heterocycles.